The minimum atomic E-state index is -3.67. The topological polar surface area (TPSA) is 67.8 Å². The molecule has 1 N–H and O–H groups in total. The third-order valence-corrected chi connectivity index (χ3v) is 5.32. The Bertz CT molecular complexity index is 1040. The van der Waals surface area contributed by atoms with Gasteiger partial charge in [0.1, 0.15) is 12.4 Å². The normalized spacial score (nSPS) is 11.4. The van der Waals surface area contributed by atoms with Crippen molar-refractivity contribution in [2.75, 3.05) is 0 Å². The van der Waals surface area contributed by atoms with Crippen LogP contribution < -0.4 is 9.57 Å². The summed E-state index contributed by atoms with van der Waals surface area (Å²) in [6.45, 7) is 0.431. The molecular weight excluding hydrogens is 428 g/mol. The van der Waals surface area contributed by atoms with Crippen molar-refractivity contribution in [3.05, 3.63) is 94.5 Å². The summed E-state index contributed by atoms with van der Waals surface area (Å²) in [6, 6.07) is 23.2. The van der Waals surface area contributed by atoms with E-state index in [1.807, 2.05) is 42.5 Å². The van der Waals surface area contributed by atoms with Crippen molar-refractivity contribution >= 4 is 32.2 Å². The van der Waals surface area contributed by atoms with Gasteiger partial charge in [-0.25, -0.2) is 4.83 Å². The van der Waals surface area contributed by atoms with Crippen molar-refractivity contribution < 1.29 is 13.2 Å². The van der Waals surface area contributed by atoms with Crippen molar-refractivity contribution in [3.63, 3.8) is 0 Å². The van der Waals surface area contributed by atoms with Crippen LogP contribution in [0.4, 0.5) is 0 Å². The predicted octanol–water partition coefficient (Wildman–Crippen LogP) is 4.34. The number of benzene rings is 3. The fraction of sp³-hybridized carbons (Fsp3) is 0.0500. The lowest BCUT2D eigenvalue weighted by Crippen LogP contribution is -2.18. The fourth-order valence-electron chi connectivity index (χ4n) is 2.30. The van der Waals surface area contributed by atoms with Gasteiger partial charge >= 0.3 is 0 Å². The van der Waals surface area contributed by atoms with Gasteiger partial charge in [-0.15, -0.1) is 0 Å². The van der Waals surface area contributed by atoms with Gasteiger partial charge in [-0.1, -0.05) is 58.4 Å². The first-order valence-corrected chi connectivity index (χ1v) is 10.4. The molecule has 0 aliphatic carbocycles. The highest BCUT2D eigenvalue weighted by Gasteiger charge is 2.11. The maximum Gasteiger partial charge on any atom is 0.276 e. The Hall–Kier alpha value is -2.64. The van der Waals surface area contributed by atoms with E-state index in [1.54, 1.807) is 24.3 Å². The SMILES string of the molecule is O=S(=O)(NN=Cc1cccc(OCc2cccc(Br)c2)c1)c1ccccc1. The Kier molecular flexibility index (Phi) is 6.26. The van der Waals surface area contributed by atoms with E-state index in [4.69, 9.17) is 4.74 Å². The van der Waals surface area contributed by atoms with E-state index >= 15 is 0 Å². The molecule has 3 rings (SSSR count). The molecule has 0 spiro atoms. The van der Waals surface area contributed by atoms with E-state index < -0.39 is 10.0 Å². The monoisotopic (exact) mass is 444 g/mol. The molecule has 0 heterocycles. The van der Waals surface area contributed by atoms with Crippen LogP contribution in [0.25, 0.3) is 0 Å². The zero-order chi connectivity index (χ0) is 19.1. The molecule has 3 aromatic carbocycles. The first kappa shape index (κ1) is 19.1. The first-order chi connectivity index (χ1) is 13.0. The van der Waals surface area contributed by atoms with Crippen LogP contribution >= 0.6 is 15.9 Å². The van der Waals surface area contributed by atoms with Crippen LogP contribution in [0.3, 0.4) is 0 Å². The Morgan fingerprint density at radius 2 is 1.74 bits per heavy atom. The third kappa shape index (κ3) is 5.67. The quantitative estimate of drug-likeness (QED) is 0.435. The maximum absolute atomic E-state index is 12.1. The maximum atomic E-state index is 12.1. The van der Waals surface area contributed by atoms with E-state index in [1.165, 1.54) is 18.3 Å². The second kappa shape index (κ2) is 8.83. The average Bonchev–Trinajstić information content (AvgIpc) is 2.67. The number of ether oxygens (including phenoxy) is 1. The van der Waals surface area contributed by atoms with Crippen LogP contribution in [0.1, 0.15) is 11.1 Å². The molecule has 27 heavy (non-hydrogen) atoms. The molecule has 0 amide bonds. The molecule has 5 nitrogen and oxygen atoms in total. The summed E-state index contributed by atoms with van der Waals surface area (Å²) in [5.74, 6) is 0.671. The molecular formula is C20H17BrN2O3S. The summed E-state index contributed by atoms with van der Waals surface area (Å²) in [5, 5.41) is 3.84. The van der Waals surface area contributed by atoms with Crippen molar-refractivity contribution in [3.8, 4) is 5.75 Å². The van der Waals surface area contributed by atoms with Crippen molar-refractivity contribution in [1.82, 2.24) is 4.83 Å². The summed E-state index contributed by atoms with van der Waals surface area (Å²) in [5.41, 5.74) is 1.76. The summed E-state index contributed by atoms with van der Waals surface area (Å²) < 4.78 is 31.0. The van der Waals surface area contributed by atoms with Crippen LogP contribution in [0.5, 0.6) is 5.75 Å². The highest BCUT2D eigenvalue weighted by Crippen LogP contribution is 2.16. The number of hydrogen-bond acceptors (Lipinski definition) is 4. The Morgan fingerprint density at radius 1 is 0.963 bits per heavy atom. The van der Waals surface area contributed by atoms with Gasteiger partial charge in [0.25, 0.3) is 10.0 Å². The van der Waals surface area contributed by atoms with Crippen molar-refractivity contribution in [2.24, 2.45) is 5.10 Å². The molecule has 0 atom stereocenters. The number of hydrazone groups is 1. The molecule has 0 fully saturated rings. The van der Waals surface area contributed by atoms with Crippen molar-refractivity contribution in [2.45, 2.75) is 11.5 Å². The summed E-state index contributed by atoms with van der Waals surface area (Å²) in [4.78, 5) is 2.36. The van der Waals surface area contributed by atoms with Crippen LogP contribution in [0.15, 0.2) is 93.3 Å². The van der Waals surface area contributed by atoms with Crippen LogP contribution in [0, 0.1) is 0 Å². The van der Waals surface area contributed by atoms with Gasteiger partial charge in [-0.2, -0.15) is 13.5 Å². The highest BCUT2D eigenvalue weighted by molar-refractivity contribution is 9.10. The van der Waals surface area contributed by atoms with Gasteiger partial charge in [0.15, 0.2) is 0 Å². The molecule has 138 valence electrons. The Labute approximate surface area is 166 Å². The smallest absolute Gasteiger partial charge is 0.276 e. The van der Waals surface area contributed by atoms with Gasteiger partial charge < -0.3 is 4.74 Å². The number of halogens is 1. The fourth-order valence-corrected chi connectivity index (χ4v) is 3.56. The number of hydrogen-bond donors (Lipinski definition) is 1. The molecule has 0 radical (unpaired) electrons. The van der Waals surface area contributed by atoms with E-state index in [9.17, 15) is 8.42 Å². The zero-order valence-electron chi connectivity index (χ0n) is 14.2. The summed E-state index contributed by atoms with van der Waals surface area (Å²) in [7, 11) is -3.67. The van der Waals surface area contributed by atoms with E-state index in [0.717, 1.165) is 15.6 Å². The van der Waals surface area contributed by atoms with E-state index in [0.29, 0.717) is 12.4 Å². The number of nitrogens with zero attached hydrogens (tertiary/aromatic N) is 1. The molecule has 0 bridgehead atoms. The minimum absolute atomic E-state index is 0.160. The van der Waals surface area contributed by atoms with Gasteiger partial charge in [-0.3, -0.25) is 0 Å². The van der Waals surface area contributed by atoms with E-state index in [-0.39, 0.29) is 4.90 Å². The third-order valence-electron chi connectivity index (χ3n) is 3.59. The van der Waals surface area contributed by atoms with Gasteiger partial charge in [0.2, 0.25) is 0 Å². The zero-order valence-corrected chi connectivity index (χ0v) is 16.7. The average molecular weight is 445 g/mol. The largest absolute Gasteiger partial charge is 0.489 e. The minimum Gasteiger partial charge on any atom is -0.489 e. The van der Waals surface area contributed by atoms with Crippen LogP contribution in [-0.4, -0.2) is 14.6 Å². The molecule has 0 saturated carbocycles. The highest BCUT2D eigenvalue weighted by atomic mass is 79.9. The van der Waals surface area contributed by atoms with Gasteiger partial charge in [0, 0.05) is 4.47 Å². The predicted molar refractivity (Wildman–Crippen MR) is 109 cm³/mol. The number of sulfonamides is 1. The molecule has 0 aliphatic rings. The van der Waals surface area contributed by atoms with Gasteiger partial charge in [0.05, 0.1) is 11.1 Å². The summed E-state index contributed by atoms with van der Waals surface area (Å²) in [6.07, 6.45) is 1.44. The first-order valence-electron chi connectivity index (χ1n) is 8.10. The standard InChI is InChI=1S/C20H17BrN2O3S/c21-18-8-4-7-17(12-18)15-26-19-9-5-6-16(13-19)14-22-23-27(24,25)20-10-2-1-3-11-20/h1-14,23H,15H2. The molecule has 0 saturated heterocycles. The lowest BCUT2D eigenvalue weighted by Gasteiger charge is -2.07. The second-order valence-corrected chi connectivity index (χ2v) is 8.23. The van der Waals surface area contributed by atoms with Crippen LogP contribution in [0.2, 0.25) is 0 Å². The lowest BCUT2D eigenvalue weighted by molar-refractivity contribution is 0.306. The Morgan fingerprint density at radius 3 is 2.52 bits per heavy atom. The molecule has 7 heteroatoms. The van der Waals surface area contributed by atoms with E-state index in [2.05, 4.69) is 25.9 Å². The summed E-state index contributed by atoms with van der Waals surface area (Å²) >= 11 is 3.43. The molecule has 0 unspecified atom stereocenters. The molecule has 3 aromatic rings. The van der Waals surface area contributed by atoms with Crippen LogP contribution in [-0.2, 0) is 16.6 Å². The molecule has 0 aromatic heterocycles. The number of nitrogens with one attached hydrogen (secondary N) is 1. The number of rotatable bonds is 7. The lowest BCUT2D eigenvalue weighted by atomic mass is 10.2. The molecule has 0 aliphatic heterocycles. The van der Waals surface area contributed by atoms with Crippen molar-refractivity contribution in [1.29, 1.82) is 0 Å². The second-order valence-electron chi connectivity index (χ2n) is 5.66. The van der Waals surface area contributed by atoms with Gasteiger partial charge in [-0.05, 0) is 47.5 Å². The Balaban J connectivity index is 1.62.